The summed E-state index contributed by atoms with van der Waals surface area (Å²) in [5, 5.41) is 1.99. The van der Waals surface area contributed by atoms with Crippen molar-refractivity contribution < 1.29 is 9.53 Å². The van der Waals surface area contributed by atoms with Gasteiger partial charge in [-0.25, -0.2) is 4.98 Å². The van der Waals surface area contributed by atoms with Crippen LogP contribution in [-0.4, -0.2) is 55.2 Å². The molecule has 2 aromatic carbocycles. The maximum absolute atomic E-state index is 13.4. The van der Waals surface area contributed by atoms with Crippen molar-refractivity contribution in [1.29, 1.82) is 0 Å². The van der Waals surface area contributed by atoms with E-state index in [1.165, 1.54) is 11.3 Å². The lowest BCUT2D eigenvalue weighted by molar-refractivity contribution is 0.0376. The van der Waals surface area contributed by atoms with Gasteiger partial charge in [-0.05, 0) is 36.8 Å². The number of nitrogens with zero attached hydrogens (tertiary/aromatic N) is 3. The van der Waals surface area contributed by atoms with Crippen LogP contribution in [0.4, 0.5) is 5.13 Å². The van der Waals surface area contributed by atoms with E-state index in [0.717, 1.165) is 44.0 Å². The maximum Gasteiger partial charge on any atom is 0.261 e. The zero-order chi connectivity index (χ0) is 21.1. The third-order valence-corrected chi connectivity index (χ3v) is 6.85. The third-order valence-electron chi connectivity index (χ3n) is 4.96. The number of ether oxygens (including phenoxy) is 1. The molecule has 30 heavy (non-hydrogen) atoms. The summed E-state index contributed by atoms with van der Waals surface area (Å²) in [6.45, 7) is 4.72. The predicted molar refractivity (Wildman–Crippen MR) is 125 cm³/mol. The van der Waals surface area contributed by atoms with Crippen molar-refractivity contribution in [2.75, 3.05) is 44.3 Å². The molecule has 0 saturated carbocycles. The molecule has 5 nitrogen and oxygen atoms in total. The van der Waals surface area contributed by atoms with Crippen LogP contribution in [0.1, 0.15) is 16.8 Å². The second-order valence-electron chi connectivity index (χ2n) is 6.97. The summed E-state index contributed by atoms with van der Waals surface area (Å²) in [6, 6.07) is 10.5. The van der Waals surface area contributed by atoms with Crippen LogP contribution in [-0.2, 0) is 4.74 Å². The van der Waals surface area contributed by atoms with E-state index in [-0.39, 0.29) is 5.91 Å². The lowest BCUT2D eigenvalue weighted by Gasteiger charge is -2.27. The number of morpholine rings is 1. The molecule has 0 atom stereocenters. The van der Waals surface area contributed by atoms with Gasteiger partial charge >= 0.3 is 0 Å². The van der Waals surface area contributed by atoms with Crippen LogP contribution in [0.15, 0.2) is 36.4 Å². The highest BCUT2D eigenvalue weighted by molar-refractivity contribution is 7.22. The Balaban J connectivity index is 1.61. The average Bonchev–Trinajstić information content (AvgIpc) is 3.17. The number of hydrogen-bond donors (Lipinski definition) is 0. The number of carbonyl (C=O) groups excluding carboxylic acids is 1. The first-order valence-corrected chi connectivity index (χ1v) is 11.6. The Morgan fingerprint density at radius 1 is 1.13 bits per heavy atom. The van der Waals surface area contributed by atoms with Gasteiger partial charge in [0.1, 0.15) is 5.52 Å². The summed E-state index contributed by atoms with van der Waals surface area (Å²) in [7, 11) is 0. The van der Waals surface area contributed by atoms with Gasteiger partial charge in [-0.1, -0.05) is 52.2 Å². The molecule has 158 valence electrons. The van der Waals surface area contributed by atoms with Crippen molar-refractivity contribution in [3.8, 4) is 0 Å². The number of hydrogen-bond acceptors (Lipinski definition) is 5. The van der Waals surface area contributed by atoms with Crippen molar-refractivity contribution in [2.24, 2.45) is 0 Å². The summed E-state index contributed by atoms with van der Waals surface area (Å²) in [6.07, 6.45) is 0.806. The normalized spacial score (nSPS) is 14.9. The fourth-order valence-electron chi connectivity index (χ4n) is 3.39. The molecule has 1 aromatic heterocycles. The molecule has 1 aliphatic heterocycles. The Kier molecular flexibility index (Phi) is 7.13. The van der Waals surface area contributed by atoms with Crippen LogP contribution in [0.5, 0.6) is 0 Å². The first-order valence-electron chi connectivity index (χ1n) is 9.65. The minimum atomic E-state index is -0.200. The van der Waals surface area contributed by atoms with Crippen LogP contribution >= 0.6 is 46.1 Å². The van der Waals surface area contributed by atoms with Crippen molar-refractivity contribution in [3.63, 3.8) is 0 Å². The van der Waals surface area contributed by atoms with Crippen molar-refractivity contribution in [2.45, 2.75) is 6.42 Å². The molecule has 1 aliphatic rings. The number of rotatable bonds is 6. The number of anilines is 1. The Bertz CT molecular complexity index is 1050. The van der Waals surface area contributed by atoms with E-state index in [1.807, 2.05) is 12.1 Å². The quantitative estimate of drug-likeness (QED) is 0.455. The summed E-state index contributed by atoms with van der Waals surface area (Å²) in [5.41, 5.74) is 1.10. The standard InChI is InChI=1S/C21H20Cl3N3O2S/c22-14-5-6-15(17(24)13-14)20(28)27(8-2-7-26-9-11-29-12-10-26)21-25-19-16(23)3-1-4-18(19)30-21/h1,3-6,13H,2,7-12H2. The Hall–Kier alpha value is -1.41. The number of carbonyl (C=O) groups is 1. The van der Waals surface area contributed by atoms with Crippen molar-refractivity contribution >= 4 is 67.4 Å². The molecular weight excluding hydrogens is 465 g/mol. The molecule has 0 radical (unpaired) electrons. The van der Waals surface area contributed by atoms with Crippen LogP contribution in [0.2, 0.25) is 15.1 Å². The molecule has 1 saturated heterocycles. The van der Waals surface area contributed by atoms with E-state index in [2.05, 4.69) is 9.88 Å². The molecule has 0 bridgehead atoms. The first-order chi connectivity index (χ1) is 14.5. The minimum absolute atomic E-state index is 0.200. The molecule has 0 spiro atoms. The highest BCUT2D eigenvalue weighted by atomic mass is 35.5. The first kappa shape index (κ1) is 21.8. The van der Waals surface area contributed by atoms with E-state index in [9.17, 15) is 4.79 Å². The smallest absolute Gasteiger partial charge is 0.261 e. The molecule has 2 heterocycles. The van der Waals surface area contributed by atoms with Gasteiger partial charge < -0.3 is 4.74 Å². The lowest BCUT2D eigenvalue weighted by atomic mass is 10.2. The number of amides is 1. The lowest BCUT2D eigenvalue weighted by Crippen LogP contribution is -2.39. The number of aromatic nitrogens is 1. The van der Waals surface area contributed by atoms with E-state index in [0.29, 0.717) is 37.8 Å². The van der Waals surface area contributed by atoms with E-state index < -0.39 is 0 Å². The second-order valence-corrected chi connectivity index (χ2v) is 9.23. The van der Waals surface area contributed by atoms with E-state index in [1.54, 1.807) is 29.2 Å². The summed E-state index contributed by atoms with van der Waals surface area (Å²) in [4.78, 5) is 22.1. The van der Waals surface area contributed by atoms with Gasteiger partial charge in [-0.3, -0.25) is 14.6 Å². The van der Waals surface area contributed by atoms with Crippen LogP contribution in [0, 0.1) is 0 Å². The molecule has 1 fully saturated rings. The summed E-state index contributed by atoms with van der Waals surface area (Å²) < 4.78 is 6.34. The topological polar surface area (TPSA) is 45.7 Å². The van der Waals surface area contributed by atoms with E-state index >= 15 is 0 Å². The fraction of sp³-hybridized carbons (Fsp3) is 0.333. The van der Waals surface area contributed by atoms with Gasteiger partial charge in [-0.15, -0.1) is 0 Å². The minimum Gasteiger partial charge on any atom is -0.379 e. The van der Waals surface area contributed by atoms with Gasteiger partial charge in [0, 0.05) is 31.2 Å². The molecule has 3 aromatic rings. The average molecular weight is 485 g/mol. The highest BCUT2D eigenvalue weighted by Gasteiger charge is 2.24. The third kappa shape index (κ3) is 4.90. The van der Waals surface area contributed by atoms with Gasteiger partial charge in [0.25, 0.3) is 5.91 Å². The zero-order valence-electron chi connectivity index (χ0n) is 16.1. The number of halogens is 3. The highest BCUT2D eigenvalue weighted by Crippen LogP contribution is 2.34. The largest absolute Gasteiger partial charge is 0.379 e. The van der Waals surface area contributed by atoms with Crippen LogP contribution in [0.3, 0.4) is 0 Å². The molecule has 0 N–H and O–H groups in total. The number of benzene rings is 2. The van der Waals surface area contributed by atoms with Gasteiger partial charge in [0.2, 0.25) is 0 Å². The zero-order valence-corrected chi connectivity index (χ0v) is 19.2. The Labute approximate surface area is 194 Å². The van der Waals surface area contributed by atoms with Crippen molar-refractivity contribution in [1.82, 2.24) is 9.88 Å². The molecular formula is C21H20Cl3N3O2S. The van der Waals surface area contributed by atoms with E-state index in [4.69, 9.17) is 39.5 Å². The number of para-hydroxylation sites is 1. The number of thiazole rings is 1. The second kappa shape index (κ2) is 9.81. The number of fused-ring (bicyclic) bond motifs is 1. The van der Waals surface area contributed by atoms with Crippen LogP contribution < -0.4 is 4.90 Å². The fourth-order valence-corrected chi connectivity index (χ4v) is 5.17. The molecule has 0 unspecified atom stereocenters. The monoisotopic (exact) mass is 483 g/mol. The summed E-state index contributed by atoms with van der Waals surface area (Å²) in [5.74, 6) is -0.200. The van der Waals surface area contributed by atoms with Crippen molar-refractivity contribution in [3.05, 3.63) is 57.0 Å². The van der Waals surface area contributed by atoms with Gasteiger partial charge in [0.15, 0.2) is 5.13 Å². The Morgan fingerprint density at radius 2 is 1.93 bits per heavy atom. The van der Waals surface area contributed by atoms with Gasteiger partial charge in [-0.2, -0.15) is 0 Å². The SMILES string of the molecule is O=C(c1ccc(Cl)cc1Cl)N(CCCN1CCOCC1)c1nc2c(Cl)cccc2s1. The van der Waals surface area contributed by atoms with Gasteiger partial charge in [0.05, 0.1) is 33.5 Å². The molecule has 9 heteroatoms. The maximum atomic E-state index is 13.4. The molecule has 4 rings (SSSR count). The predicted octanol–water partition coefficient (Wildman–Crippen LogP) is 5.63. The molecule has 0 aliphatic carbocycles. The Morgan fingerprint density at radius 3 is 2.67 bits per heavy atom. The summed E-state index contributed by atoms with van der Waals surface area (Å²) >= 11 is 20.1. The molecule has 1 amide bonds. The van der Waals surface area contributed by atoms with Crippen LogP contribution in [0.25, 0.3) is 10.2 Å².